The quantitative estimate of drug-likeness (QED) is 0.216. The van der Waals surface area contributed by atoms with Crippen molar-refractivity contribution >= 4 is 50.7 Å². The van der Waals surface area contributed by atoms with Crippen molar-refractivity contribution in [3.05, 3.63) is 119 Å². The molecule has 0 bridgehead atoms. The van der Waals surface area contributed by atoms with Crippen molar-refractivity contribution in [3.63, 3.8) is 0 Å². The van der Waals surface area contributed by atoms with Gasteiger partial charge in [0.05, 0.1) is 10.6 Å². The fourth-order valence-electron chi connectivity index (χ4n) is 4.18. The third kappa shape index (κ3) is 7.42. The molecule has 4 aromatic rings. The number of halogens is 2. The number of rotatable bonds is 11. The highest BCUT2D eigenvalue weighted by molar-refractivity contribution is 7.92. The van der Waals surface area contributed by atoms with E-state index in [2.05, 4.69) is 5.32 Å². The van der Waals surface area contributed by atoms with Crippen molar-refractivity contribution in [2.45, 2.75) is 24.4 Å². The van der Waals surface area contributed by atoms with Gasteiger partial charge in [-0.2, -0.15) is 0 Å². The van der Waals surface area contributed by atoms with Crippen LogP contribution in [-0.4, -0.2) is 44.8 Å². The first-order valence-electron chi connectivity index (χ1n) is 13.0. The number of nitrogens with one attached hydrogen (secondary N) is 1. The van der Waals surface area contributed by atoms with Crippen LogP contribution in [0.25, 0.3) is 0 Å². The number of sulfonamides is 1. The molecular formula is C31H29Cl2N3O5S. The molecule has 2 amide bonds. The molecule has 0 fully saturated rings. The molecule has 1 unspecified atom stereocenters. The maximum Gasteiger partial charge on any atom is 0.264 e. The first-order chi connectivity index (χ1) is 20.1. The molecule has 0 saturated carbocycles. The number of nitrogens with zero attached hydrogens (tertiary/aromatic N) is 2. The van der Waals surface area contributed by atoms with Gasteiger partial charge in [0.15, 0.2) is 0 Å². The lowest BCUT2D eigenvalue weighted by atomic mass is 10.1. The maximum absolute atomic E-state index is 13.9. The predicted octanol–water partition coefficient (Wildman–Crippen LogP) is 6.14. The molecule has 0 aliphatic rings. The number of ether oxygens (including phenoxy) is 1. The normalized spacial score (nSPS) is 11.8. The minimum atomic E-state index is -4.19. The number of para-hydroxylation sites is 1. The number of carbonyl (C=O) groups is 2. The van der Waals surface area contributed by atoms with E-state index in [-0.39, 0.29) is 17.1 Å². The molecule has 11 heteroatoms. The summed E-state index contributed by atoms with van der Waals surface area (Å²) in [6.45, 7) is 0.932. The van der Waals surface area contributed by atoms with E-state index in [1.807, 2.05) is 18.2 Å². The van der Waals surface area contributed by atoms with E-state index in [9.17, 15) is 18.0 Å². The molecule has 0 aliphatic heterocycles. The Balaban J connectivity index is 1.70. The number of benzene rings is 4. The zero-order valence-electron chi connectivity index (χ0n) is 22.9. The van der Waals surface area contributed by atoms with Gasteiger partial charge in [-0.15, -0.1) is 0 Å². The Morgan fingerprint density at radius 3 is 2.05 bits per heavy atom. The van der Waals surface area contributed by atoms with Crippen LogP contribution < -0.4 is 14.4 Å². The Bertz CT molecular complexity index is 1640. The second kappa shape index (κ2) is 13.7. The number of hydrogen-bond donors (Lipinski definition) is 1. The van der Waals surface area contributed by atoms with Crippen LogP contribution in [0.4, 0.5) is 5.69 Å². The van der Waals surface area contributed by atoms with Crippen molar-refractivity contribution < 1.29 is 22.7 Å². The van der Waals surface area contributed by atoms with Crippen LogP contribution in [0.5, 0.6) is 11.5 Å². The van der Waals surface area contributed by atoms with Gasteiger partial charge in [0.2, 0.25) is 11.8 Å². The average molecular weight is 627 g/mol. The summed E-state index contributed by atoms with van der Waals surface area (Å²) in [5.74, 6) is 0.0732. The number of amides is 2. The van der Waals surface area contributed by atoms with E-state index in [1.54, 1.807) is 73.7 Å². The van der Waals surface area contributed by atoms with Crippen LogP contribution in [0, 0.1) is 0 Å². The molecule has 0 aliphatic carbocycles. The molecule has 0 spiro atoms. The van der Waals surface area contributed by atoms with Crippen molar-refractivity contribution in [1.82, 2.24) is 10.2 Å². The highest BCUT2D eigenvalue weighted by atomic mass is 35.5. The lowest BCUT2D eigenvalue weighted by Crippen LogP contribution is -2.50. The van der Waals surface area contributed by atoms with Gasteiger partial charge in [-0.05, 0) is 73.2 Å². The number of anilines is 1. The van der Waals surface area contributed by atoms with Crippen molar-refractivity contribution in [2.24, 2.45) is 0 Å². The minimum absolute atomic E-state index is 0.00839. The summed E-state index contributed by atoms with van der Waals surface area (Å²) in [6.07, 6.45) is 0. The van der Waals surface area contributed by atoms with Crippen LogP contribution >= 0.6 is 23.2 Å². The van der Waals surface area contributed by atoms with Crippen LogP contribution in [-0.2, 0) is 26.2 Å². The predicted molar refractivity (Wildman–Crippen MR) is 164 cm³/mol. The molecule has 1 N–H and O–H groups in total. The Morgan fingerprint density at radius 1 is 0.857 bits per heavy atom. The summed E-state index contributed by atoms with van der Waals surface area (Å²) < 4.78 is 34.6. The summed E-state index contributed by atoms with van der Waals surface area (Å²) in [7, 11) is -2.73. The van der Waals surface area contributed by atoms with Crippen molar-refractivity contribution in [1.29, 1.82) is 0 Å². The molecule has 0 saturated heterocycles. The van der Waals surface area contributed by atoms with Gasteiger partial charge in [-0.1, -0.05) is 65.7 Å². The average Bonchev–Trinajstić information content (AvgIpc) is 3.00. The van der Waals surface area contributed by atoms with Crippen LogP contribution in [0.3, 0.4) is 0 Å². The monoisotopic (exact) mass is 625 g/mol. The first-order valence-corrected chi connectivity index (χ1v) is 15.2. The summed E-state index contributed by atoms with van der Waals surface area (Å²) in [5.41, 5.74) is 0.787. The lowest BCUT2D eigenvalue weighted by molar-refractivity contribution is -0.139. The van der Waals surface area contributed by atoms with Gasteiger partial charge >= 0.3 is 0 Å². The molecule has 8 nitrogen and oxygen atoms in total. The van der Waals surface area contributed by atoms with E-state index in [1.165, 1.54) is 30.1 Å². The molecule has 1 atom stereocenters. The van der Waals surface area contributed by atoms with Crippen molar-refractivity contribution in [2.75, 3.05) is 17.9 Å². The maximum atomic E-state index is 13.9. The lowest BCUT2D eigenvalue weighted by Gasteiger charge is -2.32. The topological polar surface area (TPSA) is 96.0 Å². The molecule has 42 heavy (non-hydrogen) atoms. The van der Waals surface area contributed by atoms with Crippen LogP contribution in [0.15, 0.2) is 108 Å². The third-order valence-electron chi connectivity index (χ3n) is 6.48. The Kier molecular flexibility index (Phi) is 10.1. The Morgan fingerprint density at radius 2 is 1.45 bits per heavy atom. The van der Waals surface area contributed by atoms with Gasteiger partial charge in [-0.25, -0.2) is 8.42 Å². The van der Waals surface area contributed by atoms with E-state index < -0.39 is 34.4 Å². The number of hydrogen-bond acceptors (Lipinski definition) is 5. The highest BCUT2D eigenvalue weighted by Gasteiger charge is 2.32. The summed E-state index contributed by atoms with van der Waals surface area (Å²) in [6, 6.07) is 27.2. The minimum Gasteiger partial charge on any atom is -0.457 e. The van der Waals surface area contributed by atoms with Crippen molar-refractivity contribution in [3.8, 4) is 11.5 Å². The van der Waals surface area contributed by atoms with Crippen LogP contribution in [0.1, 0.15) is 12.5 Å². The molecule has 4 rings (SSSR count). The standard InChI is InChI=1S/C31H29Cl2N3O5S/c1-22(31(38)34-2)35(20-23-13-14-24(32)19-29(23)33)30(37)21-36(42(39,40)28-11-7-4-8-12-28)25-15-17-27(18-16-25)41-26-9-5-3-6-10-26/h3-19,22H,20-21H2,1-2H3,(H,34,38). The summed E-state index contributed by atoms with van der Waals surface area (Å²) in [4.78, 5) is 27.8. The SMILES string of the molecule is CNC(=O)C(C)N(Cc1ccc(Cl)cc1Cl)C(=O)CN(c1ccc(Oc2ccccc2)cc1)S(=O)(=O)c1ccccc1. The molecule has 0 radical (unpaired) electrons. The summed E-state index contributed by atoms with van der Waals surface area (Å²) in [5, 5.41) is 3.27. The zero-order chi connectivity index (χ0) is 30.3. The largest absolute Gasteiger partial charge is 0.457 e. The smallest absolute Gasteiger partial charge is 0.264 e. The highest BCUT2D eigenvalue weighted by Crippen LogP contribution is 2.29. The Labute approximate surface area is 255 Å². The number of carbonyl (C=O) groups excluding carboxylic acids is 2. The first kappa shape index (κ1) is 30.9. The number of likely N-dealkylation sites (N-methyl/N-ethyl adjacent to an activating group) is 1. The van der Waals surface area contributed by atoms with E-state index in [0.717, 1.165) is 4.31 Å². The van der Waals surface area contributed by atoms with Gasteiger partial charge in [0.1, 0.15) is 24.1 Å². The fraction of sp³-hybridized carbons (Fsp3) is 0.161. The van der Waals surface area contributed by atoms with Gasteiger partial charge in [0.25, 0.3) is 10.0 Å². The molecule has 0 heterocycles. The van der Waals surface area contributed by atoms with Gasteiger partial charge < -0.3 is 15.0 Å². The second-order valence-corrected chi connectivity index (χ2v) is 12.0. The fourth-order valence-corrected chi connectivity index (χ4v) is 6.08. The molecule has 0 aromatic heterocycles. The molecule has 4 aromatic carbocycles. The molecular weight excluding hydrogens is 597 g/mol. The molecule has 218 valence electrons. The van der Waals surface area contributed by atoms with E-state index in [0.29, 0.717) is 27.1 Å². The third-order valence-corrected chi connectivity index (χ3v) is 8.86. The van der Waals surface area contributed by atoms with Gasteiger partial charge in [-0.3, -0.25) is 13.9 Å². The van der Waals surface area contributed by atoms with Gasteiger partial charge in [0, 0.05) is 23.6 Å². The zero-order valence-corrected chi connectivity index (χ0v) is 25.2. The Hall–Kier alpha value is -4.05. The van der Waals surface area contributed by atoms with E-state index in [4.69, 9.17) is 27.9 Å². The van der Waals surface area contributed by atoms with Crippen LogP contribution in [0.2, 0.25) is 10.0 Å². The van der Waals surface area contributed by atoms with E-state index >= 15 is 0 Å². The summed E-state index contributed by atoms with van der Waals surface area (Å²) >= 11 is 12.4. The second-order valence-electron chi connectivity index (χ2n) is 9.28.